The summed E-state index contributed by atoms with van der Waals surface area (Å²) in [5.41, 5.74) is 0. The van der Waals surface area contributed by atoms with E-state index in [4.69, 9.17) is 11.6 Å². The standard InChI is InChI=1S/C4Br3ClN2/c5-2-1(8)3(6)10-4(7)9-2. The Morgan fingerprint density at radius 1 is 1.00 bits per heavy atom. The molecule has 0 unspecified atom stereocenters. The van der Waals surface area contributed by atoms with Gasteiger partial charge in [0.15, 0.2) is 4.73 Å². The van der Waals surface area contributed by atoms with Crippen molar-refractivity contribution in [1.82, 2.24) is 9.97 Å². The van der Waals surface area contributed by atoms with Gasteiger partial charge in [-0.15, -0.1) is 0 Å². The third-order valence-electron chi connectivity index (χ3n) is 0.743. The average Bonchev–Trinajstić information content (AvgIpc) is 1.82. The van der Waals surface area contributed by atoms with Crippen LogP contribution < -0.4 is 0 Å². The van der Waals surface area contributed by atoms with Gasteiger partial charge in [0.05, 0.1) is 0 Å². The van der Waals surface area contributed by atoms with Crippen LogP contribution in [0.15, 0.2) is 13.9 Å². The lowest BCUT2D eigenvalue weighted by atomic mass is 10.7. The SMILES string of the molecule is Clc1c(Br)nc(Br)nc1Br. The number of aromatic nitrogens is 2. The molecule has 54 valence electrons. The molecule has 0 saturated heterocycles. The van der Waals surface area contributed by atoms with Crippen molar-refractivity contribution in [3.63, 3.8) is 0 Å². The highest BCUT2D eigenvalue weighted by Crippen LogP contribution is 2.28. The number of hydrogen-bond donors (Lipinski definition) is 0. The molecule has 0 aromatic carbocycles. The summed E-state index contributed by atoms with van der Waals surface area (Å²) in [6.07, 6.45) is 0. The minimum atomic E-state index is 0.475. The number of nitrogens with zero attached hydrogens (tertiary/aromatic N) is 2. The van der Waals surface area contributed by atoms with Crippen LogP contribution in [-0.2, 0) is 0 Å². The third-order valence-corrected chi connectivity index (χ3v) is 3.06. The normalized spacial score (nSPS) is 10.0. The molecule has 0 atom stereocenters. The summed E-state index contributed by atoms with van der Waals surface area (Å²) in [6, 6.07) is 0. The van der Waals surface area contributed by atoms with Gasteiger partial charge >= 0.3 is 0 Å². The molecule has 0 aliphatic carbocycles. The highest BCUT2D eigenvalue weighted by atomic mass is 79.9. The van der Waals surface area contributed by atoms with Gasteiger partial charge < -0.3 is 0 Å². The smallest absolute Gasteiger partial charge is 0.198 e. The van der Waals surface area contributed by atoms with E-state index in [1.165, 1.54) is 0 Å². The van der Waals surface area contributed by atoms with E-state index in [9.17, 15) is 0 Å². The lowest BCUT2D eigenvalue weighted by molar-refractivity contribution is 1.06. The van der Waals surface area contributed by atoms with Crippen molar-refractivity contribution in [3.05, 3.63) is 19.0 Å². The molecule has 0 spiro atoms. The van der Waals surface area contributed by atoms with Gasteiger partial charge in [-0.05, 0) is 47.8 Å². The Labute approximate surface area is 87.8 Å². The van der Waals surface area contributed by atoms with Gasteiger partial charge in [0.2, 0.25) is 0 Å². The van der Waals surface area contributed by atoms with Crippen LogP contribution in [0, 0.1) is 0 Å². The molecule has 1 aromatic rings. The second-order valence-corrected chi connectivity index (χ2v) is 3.98. The minimum absolute atomic E-state index is 0.475. The largest absolute Gasteiger partial charge is 0.213 e. The lowest BCUT2D eigenvalue weighted by Crippen LogP contribution is -1.85. The second-order valence-electron chi connectivity index (χ2n) is 1.39. The number of hydrogen-bond acceptors (Lipinski definition) is 2. The maximum absolute atomic E-state index is 5.71. The molecule has 0 aliphatic heterocycles. The van der Waals surface area contributed by atoms with Crippen molar-refractivity contribution in [2.45, 2.75) is 0 Å². The lowest BCUT2D eigenvalue weighted by Gasteiger charge is -1.96. The van der Waals surface area contributed by atoms with Crippen LogP contribution in [0.25, 0.3) is 0 Å². The van der Waals surface area contributed by atoms with Crippen LogP contribution in [0.2, 0.25) is 5.02 Å². The van der Waals surface area contributed by atoms with Crippen LogP contribution in [0.3, 0.4) is 0 Å². The Balaban J connectivity index is 3.31. The molecule has 6 heteroatoms. The van der Waals surface area contributed by atoms with Gasteiger partial charge in [0.25, 0.3) is 0 Å². The monoisotopic (exact) mass is 348 g/mol. The Morgan fingerprint density at radius 2 is 1.40 bits per heavy atom. The first-order valence-corrected chi connectivity index (χ1v) is 4.91. The minimum Gasteiger partial charge on any atom is -0.213 e. The maximum Gasteiger partial charge on any atom is 0.198 e. The predicted molar refractivity (Wildman–Crippen MR) is 50.1 cm³/mol. The number of halogens is 4. The van der Waals surface area contributed by atoms with E-state index in [2.05, 4.69) is 57.8 Å². The molecule has 2 nitrogen and oxygen atoms in total. The average molecular weight is 351 g/mol. The summed E-state index contributed by atoms with van der Waals surface area (Å²) >= 11 is 15.1. The van der Waals surface area contributed by atoms with Gasteiger partial charge in [-0.3, -0.25) is 0 Å². The van der Waals surface area contributed by atoms with Crippen molar-refractivity contribution < 1.29 is 0 Å². The Hall–Kier alpha value is 0.810. The van der Waals surface area contributed by atoms with E-state index in [0.29, 0.717) is 19.0 Å². The summed E-state index contributed by atoms with van der Waals surface area (Å²) in [7, 11) is 0. The molecule has 10 heavy (non-hydrogen) atoms. The molecule has 0 aliphatic rings. The zero-order valence-electron chi connectivity index (χ0n) is 4.41. The summed E-state index contributed by atoms with van der Waals surface area (Å²) in [6.45, 7) is 0. The summed E-state index contributed by atoms with van der Waals surface area (Å²) in [5, 5.41) is 0.475. The number of rotatable bonds is 0. The van der Waals surface area contributed by atoms with E-state index in [1.807, 2.05) is 0 Å². The quantitative estimate of drug-likeness (QED) is 0.529. The van der Waals surface area contributed by atoms with E-state index in [0.717, 1.165) is 0 Å². The first-order valence-electron chi connectivity index (χ1n) is 2.15. The summed E-state index contributed by atoms with van der Waals surface area (Å²) in [4.78, 5) is 7.79. The molecule has 0 radical (unpaired) electrons. The molecule has 0 fully saturated rings. The van der Waals surface area contributed by atoms with Crippen LogP contribution in [0.4, 0.5) is 0 Å². The second kappa shape index (κ2) is 3.47. The van der Waals surface area contributed by atoms with E-state index < -0.39 is 0 Å². The van der Waals surface area contributed by atoms with E-state index in [1.54, 1.807) is 0 Å². The molecule has 0 saturated carbocycles. The van der Waals surface area contributed by atoms with Crippen LogP contribution in [0.5, 0.6) is 0 Å². The highest BCUT2D eigenvalue weighted by Gasteiger charge is 2.05. The zero-order valence-corrected chi connectivity index (χ0v) is 9.92. The van der Waals surface area contributed by atoms with Gasteiger partial charge in [-0.1, -0.05) is 11.6 Å². The summed E-state index contributed by atoms with van der Waals surface area (Å²) < 4.78 is 1.64. The molecule has 0 bridgehead atoms. The zero-order chi connectivity index (χ0) is 7.72. The fraction of sp³-hybridized carbons (Fsp3) is 0. The highest BCUT2D eigenvalue weighted by molar-refractivity contribution is 9.11. The van der Waals surface area contributed by atoms with Crippen molar-refractivity contribution in [2.75, 3.05) is 0 Å². The molecular formula is C4Br3ClN2. The maximum atomic E-state index is 5.71. The Bertz CT molecular complexity index is 242. The molecule has 1 heterocycles. The topological polar surface area (TPSA) is 25.8 Å². The first-order chi connectivity index (χ1) is 4.61. The van der Waals surface area contributed by atoms with E-state index >= 15 is 0 Å². The first kappa shape index (κ1) is 8.90. The third kappa shape index (κ3) is 1.90. The fourth-order valence-corrected chi connectivity index (χ4v) is 2.26. The molecule has 1 rings (SSSR count). The Kier molecular flexibility index (Phi) is 3.09. The Morgan fingerprint density at radius 3 is 1.80 bits per heavy atom. The fourth-order valence-electron chi connectivity index (χ4n) is 0.370. The van der Waals surface area contributed by atoms with Gasteiger partial charge in [0, 0.05) is 0 Å². The van der Waals surface area contributed by atoms with Gasteiger partial charge in [0.1, 0.15) is 14.2 Å². The predicted octanol–water partition coefficient (Wildman–Crippen LogP) is 3.42. The molecular weight excluding hydrogens is 351 g/mol. The van der Waals surface area contributed by atoms with Gasteiger partial charge in [-0.25, -0.2) is 9.97 Å². The van der Waals surface area contributed by atoms with Crippen LogP contribution >= 0.6 is 59.4 Å². The van der Waals surface area contributed by atoms with Crippen LogP contribution in [-0.4, -0.2) is 9.97 Å². The molecule has 1 aromatic heterocycles. The molecule has 0 N–H and O–H groups in total. The van der Waals surface area contributed by atoms with Crippen LogP contribution in [0.1, 0.15) is 0 Å². The summed E-state index contributed by atoms with van der Waals surface area (Å²) in [5.74, 6) is 0. The van der Waals surface area contributed by atoms with Crippen molar-refractivity contribution in [2.24, 2.45) is 0 Å². The van der Waals surface area contributed by atoms with Crippen molar-refractivity contribution >= 4 is 59.4 Å². The molecule has 0 amide bonds. The van der Waals surface area contributed by atoms with Crippen molar-refractivity contribution in [1.29, 1.82) is 0 Å². The van der Waals surface area contributed by atoms with Crippen molar-refractivity contribution in [3.8, 4) is 0 Å². The van der Waals surface area contributed by atoms with Gasteiger partial charge in [-0.2, -0.15) is 0 Å². The van der Waals surface area contributed by atoms with E-state index in [-0.39, 0.29) is 0 Å².